The van der Waals surface area contributed by atoms with Gasteiger partial charge in [0.1, 0.15) is 5.54 Å². The number of carbonyl (C=O) groups excluding carboxylic acids is 2. The molecule has 0 radical (unpaired) electrons. The van der Waals surface area contributed by atoms with E-state index in [0.717, 1.165) is 36.3 Å². The molecule has 1 N–H and O–H groups in total. The van der Waals surface area contributed by atoms with Gasteiger partial charge in [0.05, 0.1) is 12.1 Å². The number of benzene rings is 1. The smallest absolute Gasteiger partial charge is 0.323 e. The summed E-state index contributed by atoms with van der Waals surface area (Å²) in [5, 5.41) is 2.83. The zero-order valence-electron chi connectivity index (χ0n) is 13.3. The number of carbonyl (C=O) groups is 2. The quantitative estimate of drug-likeness (QED) is 0.835. The maximum absolute atomic E-state index is 12.8. The molecule has 1 heterocycles. The number of alkyl halides is 3. The third-order valence-electron chi connectivity index (χ3n) is 5.12. The highest BCUT2D eigenvalue weighted by atomic mass is 19.4. The van der Waals surface area contributed by atoms with Crippen molar-refractivity contribution >= 4 is 11.9 Å². The molecule has 2 atom stereocenters. The van der Waals surface area contributed by atoms with Gasteiger partial charge < -0.3 is 5.32 Å². The van der Waals surface area contributed by atoms with Crippen molar-refractivity contribution in [2.75, 3.05) is 0 Å². The van der Waals surface area contributed by atoms with Crippen LogP contribution < -0.4 is 5.32 Å². The van der Waals surface area contributed by atoms with E-state index in [1.165, 1.54) is 12.1 Å². The highest BCUT2D eigenvalue weighted by Gasteiger charge is 2.54. The molecule has 1 aromatic carbocycles. The summed E-state index contributed by atoms with van der Waals surface area (Å²) in [5.41, 5.74) is -1.10. The fraction of sp³-hybridized carbons (Fsp3) is 0.529. The number of urea groups is 1. The standard InChI is InChI=1S/C17H19F3N2O2/c1-11-4-2-3-9-16(11)14(23)22(15(24)21-16)10-12-5-7-13(8-6-12)17(18,19)20/h5-8,11H,2-4,9-10H2,1H3,(H,21,24)/t11-,16+/m0/s1. The number of nitrogens with zero attached hydrogens (tertiary/aromatic N) is 1. The van der Waals surface area contributed by atoms with Gasteiger partial charge in [-0.3, -0.25) is 9.69 Å². The topological polar surface area (TPSA) is 49.4 Å². The Labute approximate surface area is 138 Å². The largest absolute Gasteiger partial charge is 0.416 e. The van der Waals surface area contributed by atoms with Gasteiger partial charge in [0.25, 0.3) is 5.91 Å². The fourth-order valence-corrected chi connectivity index (χ4v) is 3.62. The number of rotatable bonds is 2. The van der Waals surface area contributed by atoms with Crippen LogP contribution in [0.2, 0.25) is 0 Å². The van der Waals surface area contributed by atoms with Crippen molar-refractivity contribution in [1.82, 2.24) is 10.2 Å². The second kappa shape index (κ2) is 5.79. The molecular weight excluding hydrogens is 321 g/mol. The first-order chi connectivity index (χ1) is 11.2. The van der Waals surface area contributed by atoms with E-state index in [-0.39, 0.29) is 18.4 Å². The molecule has 24 heavy (non-hydrogen) atoms. The molecule has 1 saturated carbocycles. The predicted molar refractivity (Wildman–Crippen MR) is 80.9 cm³/mol. The third kappa shape index (κ3) is 2.76. The molecule has 0 unspecified atom stereocenters. The molecule has 3 rings (SSSR count). The van der Waals surface area contributed by atoms with Crippen molar-refractivity contribution in [1.29, 1.82) is 0 Å². The predicted octanol–water partition coefficient (Wildman–Crippen LogP) is 3.71. The minimum atomic E-state index is -4.40. The molecule has 1 spiro atoms. The van der Waals surface area contributed by atoms with Gasteiger partial charge in [-0.15, -0.1) is 0 Å². The number of hydrogen-bond acceptors (Lipinski definition) is 2. The maximum Gasteiger partial charge on any atom is 0.416 e. The van der Waals surface area contributed by atoms with Crippen LogP contribution in [0.25, 0.3) is 0 Å². The first kappa shape index (κ1) is 16.8. The second-order valence-electron chi connectivity index (χ2n) is 6.63. The van der Waals surface area contributed by atoms with Crippen LogP contribution in [0.4, 0.5) is 18.0 Å². The molecule has 4 nitrogen and oxygen atoms in total. The molecule has 1 aliphatic heterocycles. The molecule has 7 heteroatoms. The average Bonchev–Trinajstić information content (AvgIpc) is 2.75. The Morgan fingerprint density at radius 1 is 1.21 bits per heavy atom. The van der Waals surface area contributed by atoms with Crippen molar-refractivity contribution in [2.24, 2.45) is 5.92 Å². The number of halogens is 3. The molecule has 130 valence electrons. The van der Waals surface area contributed by atoms with E-state index in [4.69, 9.17) is 0 Å². The second-order valence-corrected chi connectivity index (χ2v) is 6.63. The van der Waals surface area contributed by atoms with Gasteiger partial charge in [-0.1, -0.05) is 31.9 Å². The van der Waals surface area contributed by atoms with Crippen molar-refractivity contribution in [3.63, 3.8) is 0 Å². The zero-order valence-corrected chi connectivity index (χ0v) is 13.3. The molecule has 2 fully saturated rings. The summed E-state index contributed by atoms with van der Waals surface area (Å²) in [5.74, 6) is -0.208. The summed E-state index contributed by atoms with van der Waals surface area (Å²) in [7, 11) is 0. The van der Waals surface area contributed by atoms with Crippen LogP contribution in [0.1, 0.15) is 43.7 Å². The van der Waals surface area contributed by atoms with Crippen LogP contribution in [0.5, 0.6) is 0 Å². The van der Waals surface area contributed by atoms with Gasteiger partial charge in [-0.05, 0) is 36.5 Å². The van der Waals surface area contributed by atoms with E-state index in [2.05, 4.69) is 5.32 Å². The average molecular weight is 340 g/mol. The van der Waals surface area contributed by atoms with E-state index in [1.807, 2.05) is 6.92 Å². The number of nitrogens with one attached hydrogen (secondary N) is 1. The lowest BCUT2D eigenvalue weighted by molar-refractivity contribution is -0.138. The summed E-state index contributed by atoms with van der Waals surface area (Å²) in [6.45, 7) is 1.94. The first-order valence-electron chi connectivity index (χ1n) is 8.04. The minimum absolute atomic E-state index is 0.0166. The van der Waals surface area contributed by atoms with Crippen molar-refractivity contribution in [3.05, 3.63) is 35.4 Å². The lowest BCUT2D eigenvalue weighted by Crippen LogP contribution is -2.53. The lowest BCUT2D eigenvalue weighted by Gasteiger charge is -2.36. The summed E-state index contributed by atoms with van der Waals surface area (Å²) in [4.78, 5) is 26.2. The van der Waals surface area contributed by atoms with Gasteiger partial charge in [0.15, 0.2) is 0 Å². The van der Waals surface area contributed by atoms with Crippen molar-refractivity contribution in [2.45, 2.75) is 50.9 Å². The van der Waals surface area contributed by atoms with Gasteiger partial charge in [0, 0.05) is 0 Å². The Morgan fingerprint density at radius 3 is 2.46 bits per heavy atom. The molecule has 2 aliphatic rings. The van der Waals surface area contributed by atoms with Crippen LogP contribution in [0.3, 0.4) is 0 Å². The van der Waals surface area contributed by atoms with E-state index in [1.54, 1.807) is 0 Å². The first-order valence-corrected chi connectivity index (χ1v) is 8.04. The molecule has 1 aliphatic carbocycles. The summed E-state index contributed by atoms with van der Waals surface area (Å²) in [6.07, 6.45) is -1.00. The van der Waals surface area contributed by atoms with Crippen LogP contribution in [-0.2, 0) is 17.5 Å². The van der Waals surface area contributed by atoms with Gasteiger partial charge >= 0.3 is 12.2 Å². The molecule has 3 amide bonds. The molecule has 1 saturated heterocycles. The molecule has 0 aromatic heterocycles. The highest BCUT2D eigenvalue weighted by Crippen LogP contribution is 2.38. The van der Waals surface area contributed by atoms with Gasteiger partial charge in [0.2, 0.25) is 0 Å². The van der Waals surface area contributed by atoms with Crippen molar-refractivity contribution in [3.8, 4) is 0 Å². The third-order valence-corrected chi connectivity index (χ3v) is 5.12. The lowest BCUT2D eigenvalue weighted by atomic mass is 9.73. The van der Waals surface area contributed by atoms with Crippen molar-refractivity contribution < 1.29 is 22.8 Å². The van der Waals surface area contributed by atoms with E-state index in [0.29, 0.717) is 12.0 Å². The zero-order chi connectivity index (χ0) is 17.5. The Bertz CT molecular complexity index is 657. The molecular formula is C17H19F3N2O2. The summed E-state index contributed by atoms with van der Waals surface area (Å²) in [6, 6.07) is 4.07. The Kier molecular flexibility index (Phi) is 4.05. The van der Waals surface area contributed by atoms with Gasteiger partial charge in [-0.25, -0.2) is 4.79 Å². The molecule has 0 bridgehead atoms. The van der Waals surface area contributed by atoms with E-state index < -0.39 is 23.3 Å². The summed E-state index contributed by atoms with van der Waals surface area (Å²) < 4.78 is 37.8. The number of amides is 3. The van der Waals surface area contributed by atoms with Crippen LogP contribution in [0.15, 0.2) is 24.3 Å². The van der Waals surface area contributed by atoms with E-state index in [9.17, 15) is 22.8 Å². The normalized spacial score (nSPS) is 27.7. The fourth-order valence-electron chi connectivity index (χ4n) is 3.62. The van der Waals surface area contributed by atoms with Crippen LogP contribution in [0, 0.1) is 5.92 Å². The van der Waals surface area contributed by atoms with Gasteiger partial charge in [-0.2, -0.15) is 13.2 Å². The highest BCUT2D eigenvalue weighted by molar-refractivity contribution is 6.07. The van der Waals surface area contributed by atoms with Crippen LogP contribution in [-0.4, -0.2) is 22.4 Å². The SMILES string of the molecule is C[C@H]1CCCC[C@@]12NC(=O)N(Cc1ccc(C(F)(F)F)cc1)C2=O. The number of imide groups is 1. The summed E-state index contributed by atoms with van der Waals surface area (Å²) >= 11 is 0. The Morgan fingerprint density at radius 2 is 1.88 bits per heavy atom. The maximum atomic E-state index is 12.8. The number of hydrogen-bond donors (Lipinski definition) is 1. The minimum Gasteiger partial charge on any atom is -0.323 e. The van der Waals surface area contributed by atoms with E-state index >= 15 is 0 Å². The monoisotopic (exact) mass is 340 g/mol. The van der Waals surface area contributed by atoms with Crippen LogP contribution >= 0.6 is 0 Å². The Hall–Kier alpha value is -2.05. The molecule has 1 aromatic rings. The Balaban J connectivity index is 1.78.